The molecule has 1 aromatic heterocycles. The molecule has 1 aliphatic rings. The maximum Gasteiger partial charge on any atom is 0.187 e. The van der Waals surface area contributed by atoms with E-state index < -0.39 is 0 Å². The maximum atomic E-state index is 5.74. The molecule has 6 nitrogen and oxygen atoms in total. The van der Waals surface area contributed by atoms with Crippen LogP contribution in [0.2, 0.25) is 0 Å². The number of ether oxygens (including phenoxy) is 2. The number of aryl methyl sites for hydroxylation is 1. The lowest BCUT2D eigenvalue weighted by Gasteiger charge is -2.14. The molecule has 24 heavy (non-hydrogen) atoms. The Balaban J connectivity index is 1.91. The van der Waals surface area contributed by atoms with Gasteiger partial charge in [0.15, 0.2) is 5.11 Å². The molecule has 1 fully saturated rings. The molecule has 2 rings (SSSR count). The Hall–Kier alpha value is -1.44. The van der Waals surface area contributed by atoms with Gasteiger partial charge in [-0.05, 0) is 51.9 Å². The quantitative estimate of drug-likeness (QED) is 0.447. The fraction of sp³-hybridized carbons (Fsp3) is 0.647. The van der Waals surface area contributed by atoms with E-state index >= 15 is 0 Å². The first-order valence-corrected chi connectivity index (χ1v) is 8.79. The van der Waals surface area contributed by atoms with Gasteiger partial charge in [-0.1, -0.05) is 0 Å². The normalized spacial score (nSPS) is 18.9. The Morgan fingerprint density at radius 2 is 2.38 bits per heavy atom. The van der Waals surface area contributed by atoms with Gasteiger partial charge in [0.05, 0.1) is 18.9 Å². The minimum atomic E-state index is 0.140. The molecule has 0 saturated carbocycles. The van der Waals surface area contributed by atoms with Crippen LogP contribution in [0.25, 0.3) is 0 Å². The Morgan fingerprint density at radius 1 is 1.58 bits per heavy atom. The number of nitrogens with zero attached hydrogens (tertiary/aromatic N) is 2. The fourth-order valence-corrected chi connectivity index (χ4v) is 3.19. The average Bonchev–Trinajstić information content (AvgIpc) is 3.12. The fourth-order valence-electron chi connectivity index (χ4n) is 2.94. The van der Waals surface area contributed by atoms with E-state index in [-0.39, 0.29) is 6.04 Å². The van der Waals surface area contributed by atoms with Crippen molar-refractivity contribution >= 4 is 23.5 Å². The summed E-state index contributed by atoms with van der Waals surface area (Å²) in [7, 11) is 1.67. The number of methoxy groups -OCH3 is 1. The number of thiocarbonyl (C=S) groups is 1. The van der Waals surface area contributed by atoms with E-state index in [1.807, 2.05) is 13.1 Å². The lowest BCUT2D eigenvalue weighted by atomic mass is 10.2. The topological polar surface area (TPSA) is 59.8 Å². The summed E-state index contributed by atoms with van der Waals surface area (Å²) in [6.07, 6.45) is 4.44. The number of hydrogen-bond acceptors (Lipinski definition) is 4. The van der Waals surface area contributed by atoms with Gasteiger partial charge in [0.2, 0.25) is 0 Å². The van der Waals surface area contributed by atoms with Crippen molar-refractivity contribution in [3.8, 4) is 0 Å². The van der Waals surface area contributed by atoms with Crippen LogP contribution in [0.3, 0.4) is 0 Å². The third kappa shape index (κ3) is 5.29. The zero-order chi connectivity index (χ0) is 17.5. The Kier molecular flexibility index (Phi) is 7.20. The molecule has 1 aliphatic heterocycles. The van der Waals surface area contributed by atoms with E-state index in [4.69, 9.17) is 21.7 Å². The van der Waals surface area contributed by atoms with E-state index in [2.05, 4.69) is 40.3 Å². The summed E-state index contributed by atoms with van der Waals surface area (Å²) >= 11 is 5.21. The van der Waals surface area contributed by atoms with Gasteiger partial charge in [0, 0.05) is 43.3 Å². The number of nitrogens with one attached hydrogen (secondary N) is 2. The molecular formula is C17H28N4O2S. The molecule has 0 radical (unpaired) electrons. The minimum Gasteiger partial charge on any atom is -0.383 e. The second-order valence-electron chi connectivity index (χ2n) is 6.27. The van der Waals surface area contributed by atoms with Crippen LogP contribution in [0.1, 0.15) is 36.7 Å². The molecule has 0 aliphatic carbocycles. The molecule has 0 amide bonds. The van der Waals surface area contributed by atoms with Gasteiger partial charge in [0.25, 0.3) is 0 Å². The highest BCUT2D eigenvalue weighted by molar-refractivity contribution is 7.80. The number of aromatic nitrogens is 1. The molecule has 2 N–H and O–H groups in total. The van der Waals surface area contributed by atoms with Gasteiger partial charge < -0.3 is 19.4 Å². The zero-order valence-electron chi connectivity index (χ0n) is 15.0. The summed E-state index contributed by atoms with van der Waals surface area (Å²) in [5.74, 6) is 0. The second kappa shape index (κ2) is 9.15. The summed E-state index contributed by atoms with van der Waals surface area (Å²) in [5, 5.41) is 7.83. The maximum absolute atomic E-state index is 5.74. The van der Waals surface area contributed by atoms with Crippen molar-refractivity contribution < 1.29 is 9.47 Å². The Morgan fingerprint density at radius 3 is 3.04 bits per heavy atom. The molecule has 7 heteroatoms. The Labute approximate surface area is 149 Å². The smallest absolute Gasteiger partial charge is 0.187 e. The van der Waals surface area contributed by atoms with E-state index in [1.165, 1.54) is 11.4 Å². The van der Waals surface area contributed by atoms with Crippen molar-refractivity contribution in [1.29, 1.82) is 0 Å². The van der Waals surface area contributed by atoms with E-state index in [9.17, 15) is 0 Å². The summed E-state index contributed by atoms with van der Waals surface area (Å²) < 4.78 is 13.1. The lowest BCUT2D eigenvalue weighted by molar-refractivity contribution is 0.0962. The third-order valence-corrected chi connectivity index (χ3v) is 4.40. The van der Waals surface area contributed by atoms with Crippen LogP contribution in [-0.2, 0) is 16.0 Å². The third-order valence-electron chi connectivity index (χ3n) is 4.19. The summed E-state index contributed by atoms with van der Waals surface area (Å²) in [6.45, 7) is 8.61. The highest BCUT2D eigenvalue weighted by Crippen LogP contribution is 2.19. The van der Waals surface area contributed by atoms with Crippen LogP contribution < -0.4 is 10.7 Å². The largest absolute Gasteiger partial charge is 0.383 e. The van der Waals surface area contributed by atoms with Crippen molar-refractivity contribution in [3.63, 3.8) is 0 Å². The second-order valence-corrected chi connectivity index (χ2v) is 6.68. The van der Waals surface area contributed by atoms with Crippen LogP contribution in [-0.4, -0.2) is 48.4 Å². The first-order chi connectivity index (χ1) is 11.5. The molecular weight excluding hydrogens is 324 g/mol. The van der Waals surface area contributed by atoms with Crippen molar-refractivity contribution in [1.82, 2.24) is 15.3 Å². The highest BCUT2D eigenvalue weighted by Gasteiger charge is 2.18. The molecule has 0 spiro atoms. The van der Waals surface area contributed by atoms with Crippen LogP contribution in [0.15, 0.2) is 11.2 Å². The van der Waals surface area contributed by atoms with Gasteiger partial charge in [-0.2, -0.15) is 5.10 Å². The molecule has 0 bridgehead atoms. The summed E-state index contributed by atoms with van der Waals surface area (Å²) in [4.78, 5) is 0. The van der Waals surface area contributed by atoms with Crippen molar-refractivity contribution in [2.75, 3.05) is 20.3 Å². The Bertz CT molecular complexity index is 579. The lowest BCUT2D eigenvalue weighted by Crippen LogP contribution is -2.40. The molecule has 2 atom stereocenters. The SMILES string of the molecule is COC[C@H](C)NC(=S)N/N=C\c1cc(C)n(C[C@H]2CCCO2)c1C. The highest BCUT2D eigenvalue weighted by atomic mass is 32.1. The summed E-state index contributed by atoms with van der Waals surface area (Å²) in [6, 6.07) is 2.28. The van der Waals surface area contributed by atoms with Crippen molar-refractivity contribution in [2.45, 2.75) is 52.3 Å². The molecule has 134 valence electrons. The minimum absolute atomic E-state index is 0.140. The van der Waals surface area contributed by atoms with Gasteiger partial charge in [-0.25, -0.2) is 0 Å². The van der Waals surface area contributed by atoms with Gasteiger partial charge in [-0.15, -0.1) is 0 Å². The number of hydrogen-bond donors (Lipinski definition) is 2. The first-order valence-electron chi connectivity index (χ1n) is 8.38. The van der Waals surface area contributed by atoms with Gasteiger partial charge in [0.1, 0.15) is 0 Å². The van der Waals surface area contributed by atoms with Crippen LogP contribution in [0.5, 0.6) is 0 Å². The first kappa shape index (κ1) is 18.9. The molecule has 2 heterocycles. The molecule has 1 aromatic rings. The average molecular weight is 353 g/mol. The van der Waals surface area contributed by atoms with Crippen LogP contribution in [0.4, 0.5) is 0 Å². The van der Waals surface area contributed by atoms with Crippen LogP contribution in [0, 0.1) is 13.8 Å². The molecule has 0 unspecified atom stereocenters. The standard InChI is InChI=1S/C17H28N4O2S/c1-12(11-22-4)19-17(24)20-18-9-15-8-13(2)21(14(15)3)10-16-6-5-7-23-16/h8-9,12,16H,5-7,10-11H2,1-4H3,(H2,19,20,24)/b18-9-/t12-,16+/m0/s1. The van der Waals surface area contributed by atoms with E-state index in [1.54, 1.807) is 7.11 Å². The zero-order valence-corrected chi connectivity index (χ0v) is 15.8. The molecule has 0 aromatic carbocycles. The number of hydrazone groups is 1. The molecule has 1 saturated heterocycles. The predicted octanol–water partition coefficient (Wildman–Crippen LogP) is 2.12. The summed E-state index contributed by atoms with van der Waals surface area (Å²) in [5.41, 5.74) is 6.35. The van der Waals surface area contributed by atoms with Gasteiger partial charge in [-0.3, -0.25) is 5.43 Å². The van der Waals surface area contributed by atoms with Gasteiger partial charge >= 0.3 is 0 Å². The monoisotopic (exact) mass is 352 g/mol. The van der Waals surface area contributed by atoms with E-state index in [0.29, 0.717) is 17.8 Å². The van der Waals surface area contributed by atoms with E-state index in [0.717, 1.165) is 31.6 Å². The number of rotatable bonds is 7. The predicted molar refractivity (Wildman–Crippen MR) is 101 cm³/mol. The van der Waals surface area contributed by atoms with Crippen molar-refractivity contribution in [3.05, 3.63) is 23.0 Å². The van der Waals surface area contributed by atoms with Crippen molar-refractivity contribution in [2.24, 2.45) is 5.10 Å². The van der Waals surface area contributed by atoms with Crippen LogP contribution >= 0.6 is 12.2 Å².